The number of benzene rings is 1. The third kappa shape index (κ3) is 3.10. The van der Waals surface area contributed by atoms with E-state index in [9.17, 15) is 0 Å². The van der Waals surface area contributed by atoms with Crippen molar-refractivity contribution in [3.05, 3.63) is 34.3 Å². The van der Waals surface area contributed by atoms with Gasteiger partial charge in [0.15, 0.2) is 0 Å². The van der Waals surface area contributed by atoms with E-state index in [0.717, 1.165) is 10.9 Å². The summed E-state index contributed by atoms with van der Waals surface area (Å²) in [5, 5.41) is 0. The van der Waals surface area contributed by atoms with Crippen molar-refractivity contribution in [1.82, 2.24) is 0 Å². The molecule has 1 nitrogen and oxygen atoms in total. The van der Waals surface area contributed by atoms with Crippen LogP contribution in [0.3, 0.4) is 0 Å². The molecule has 2 N–H and O–H groups in total. The molecule has 14 heavy (non-hydrogen) atoms. The normalized spacial score (nSPS) is 15.6. The molecule has 0 aliphatic heterocycles. The van der Waals surface area contributed by atoms with Crippen LogP contribution in [0.15, 0.2) is 28.7 Å². The lowest BCUT2D eigenvalue weighted by Crippen LogP contribution is -2.34. The van der Waals surface area contributed by atoms with Crippen LogP contribution in [0.5, 0.6) is 0 Å². The van der Waals surface area contributed by atoms with Gasteiger partial charge in [-0.15, -0.1) is 0 Å². The van der Waals surface area contributed by atoms with E-state index in [1.807, 2.05) is 12.1 Å². The molecule has 1 unspecified atom stereocenters. The van der Waals surface area contributed by atoms with E-state index in [0.29, 0.717) is 5.92 Å². The predicted molar refractivity (Wildman–Crippen MR) is 65.1 cm³/mol. The molecule has 2 heteroatoms. The molecule has 0 aliphatic carbocycles. The lowest BCUT2D eigenvalue weighted by Gasteiger charge is -2.27. The SMILES string of the molecule is CC(C)CC(C)(N)c1ccc(Br)cc1. The highest BCUT2D eigenvalue weighted by atomic mass is 79.9. The second-order valence-electron chi connectivity index (χ2n) is 4.52. The Bertz CT molecular complexity index is 288. The van der Waals surface area contributed by atoms with Gasteiger partial charge in [-0.25, -0.2) is 0 Å². The highest BCUT2D eigenvalue weighted by molar-refractivity contribution is 9.10. The number of nitrogens with two attached hydrogens (primary N) is 1. The first kappa shape index (κ1) is 11.7. The Morgan fingerprint density at radius 1 is 1.29 bits per heavy atom. The molecule has 0 saturated carbocycles. The molecule has 1 rings (SSSR count). The molecular formula is C12H18BrN. The lowest BCUT2D eigenvalue weighted by molar-refractivity contribution is 0.380. The molecule has 0 spiro atoms. The minimum Gasteiger partial charge on any atom is -0.322 e. The minimum absolute atomic E-state index is 0.213. The van der Waals surface area contributed by atoms with E-state index in [1.54, 1.807) is 0 Å². The fourth-order valence-corrected chi connectivity index (χ4v) is 2.06. The largest absolute Gasteiger partial charge is 0.322 e. The highest BCUT2D eigenvalue weighted by Gasteiger charge is 2.21. The molecule has 0 aromatic heterocycles. The first-order valence-electron chi connectivity index (χ1n) is 4.97. The van der Waals surface area contributed by atoms with Crippen molar-refractivity contribution < 1.29 is 0 Å². The summed E-state index contributed by atoms with van der Waals surface area (Å²) in [4.78, 5) is 0. The Morgan fingerprint density at radius 2 is 1.79 bits per heavy atom. The predicted octanol–water partition coefficient (Wildman–Crippen LogP) is 3.67. The third-order valence-electron chi connectivity index (χ3n) is 2.34. The Hall–Kier alpha value is -0.340. The van der Waals surface area contributed by atoms with Crippen molar-refractivity contribution in [2.75, 3.05) is 0 Å². The van der Waals surface area contributed by atoms with Gasteiger partial charge < -0.3 is 5.73 Å². The van der Waals surface area contributed by atoms with Crippen LogP contribution in [0.4, 0.5) is 0 Å². The number of hydrogen-bond acceptors (Lipinski definition) is 1. The van der Waals surface area contributed by atoms with Crippen LogP contribution < -0.4 is 5.73 Å². The summed E-state index contributed by atoms with van der Waals surface area (Å²) in [5.41, 5.74) is 7.26. The standard InChI is InChI=1S/C12H18BrN/c1-9(2)8-12(3,14)10-4-6-11(13)7-5-10/h4-7,9H,8,14H2,1-3H3. The van der Waals surface area contributed by atoms with Crippen molar-refractivity contribution >= 4 is 15.9 Å². The van der Waals surface area contributed by atoms with Gasteiger partial charge in [0.2, 0.25) is 0 Å². The molecule has 78 valence electrons. The van der Waals surface area contributed by atoms with Gasteiger partial charge in [0.1, 0.15) is 0 Å². The van der Waals surface area contributed by atoms with Crippen molar-refractivity contribution in [2.45, 2.75) is 32.7 Å². The molecule has 1 atom stereocenters. The summed E-state index contributed by atoms with van der Waals surface area (Å²) >= 11 is 3.42. The van der Waals surface area contributed by atoms with E-state index in [-0.39, 0.29) is 5.54 Å². The second-order valence-corrected chi connectivity index (χ2v) is 5.44. The van der Waals surface area contributed by atoms with E-state index >= 15 is 0 Å². The molecule has 1 aromatic carbocycles. The Balaban J connectivity index is 2.86. The smallest absolute Gasteiger partial charge is 0.0383 e. The fourth-order valence-electron chi connectivity index (χ4n) is 1.80. The monoisotopic (exact) mass is 255 g/mol. The van der Waals surface area contributed by atoms with Crippen molar-refractivity contribution in [1.29, 1.82) is 0 Å². The van der Waals surface area contributed by atoms with Crippen LogP contribution in [0.2, 0.25) is 0 Å². The van der Waals surface area contributed by atoms with Crippen LogP contribution in [0.25, 0.3) is 0 Å². The van der Waals surface area contributed by atoms with Crippen LogP contribution in [-0.2, 0) is 5.54 Å². The molecule has 0 fully saturated rings. The second kappa shape index (κ2) is 4.45. The van der Waals surface area contributed by atoms with Crippen LogP contribution >= 0.6 is 15.9 Å². The van der Waals surface area contributed by atoms with Crippen LogP contribution in [0.1, 0.15) is 32.8 Å². The average molecular weight is 256 g/mol. The first-order chi connectivity index (χ1) is 6.42. The molecule has 0 radical (unpaired) electrons. The first-order valence-corrected chi connectivity index (χ1v) is 5.76. The zero-order valence-electron chi connectivity index (χ0n) is 9.05. The van der Waals surface area contributed by atoms with E-state index < -0.39 is 0 Å². The minimum atomic E-state index is -0.213. The number of rotatable bonds is 3. The van der Waals surface area contributed by atoms with Gasteiger partial charge in [0.25, 0.3) is 0 Å². The Labute approximate surface area is 94.8 Å². The zero-order valence-corrected chi connectivity index (χ0v) is 10.6. The topological polar surface area (TPSA) is 26.0 Å². The van der Waals surface area contributed by atoms with Gasteiger partial charge >= 0.3 is 0 Å². The molecule has 0 heterocycles. The van der Waals surface area contributed by atoms with Crippen molar-refractivity contribution in [2.24, 2.45) is 11.7 Å². The van der Waals surface area contributed by atoms with E-state index in [2.05, 4.69) is 48.8 Å². The zero-order chi connectivity index (χ0) is 10.8. The quantitative estimate of drug-likeness (QED) is 0.877. The average Bonchev–Trinajstić information content (AvgIpc) is 2.02. The van der Waals surface area contributed by atoms with Gasteiger partial charge in [0.05, 0.1) is 0 Å². The fraction of sp³-hybridized carbons (Fsp3) is 0.500. The molecule has 1 aromatic rings. The van der Waals surface area contributed by atoms with Gasteiger partial charge in [0, 0.05) is 10.0 Å². The maximum absolute atomic E-state index is 6.27. The summed E-state index contributed by atoms with van der Waals surface area (Å²) in [7, 11) is 0. The molecular weight excluding hydrogens is 238 g/mol. The Kier molecular flexibility index (Phi) is 3.73. The maximum Gasteiger partial charge on any atom is 0.0383 e. The summed E-state index contributed by atoms with van der Waals surface area (Å²) in [5.74, 6) is 0.619. The summed E-state index contributed by atoms with van der Waals surface area (Å²) < 4.78 is 1.10. The van der Waals surface area contributed by atoms with Crippen LogP contribution in [0, 0.1) is 5.92 Å². The maximum atomic E-state index is 6.27. The van der Waals surface area contributed by atoms with E-state index in [1.165, 1.54) is 5.56 Å². The van der Waals surface area contributed by atoms with Gasteiger partial charge in [-0.05, 0) is 37.0 Å². The van der Waals surface area contributed by atoms with Crippen molar-refractivity contribution in [3.8, 4) is 0 Å². The highest BCUT2D eigenvalue weighted by Crippen LogP contribution is 2.26. The number of hydrogen-bond donors (Lipinski definition) is 1. The molecule has 0 bridgehead atoms. The number of halogens is 1. The summed E-state index contributed by atoms with van der Waals surface area (Å²) in [6, 6.07) is 8.26. The molecule has 0 amide bonds. The van der Waals surface area contributed by atoms with Gasteiger partial charge in [-0.3, -0.25) is 0 Å². The van der Waals surface area contributed by atoms with Gasteiger partial charge in [-0.1, -0.05) is 41.9 Å². The van der Waals surface area contributed by atoms with E-state index in [4.69, 9.17) is 5.73 Å². The molecule has 0 saturated heterocycles. The molecule has 0 aliphatic rings. The van der Waals surface area contributed by atoms with Gasteiger partial charge in [-0.2, -0.15) is 0 Å². The summed E-state index contributed by atoms with van der Waals surface area (Å²) in [6.07, 6.45) is 1.01. The summed E-state index contributed by atoms with van der Waals surface area (Å²) in [6.45, 7) is 6.49. The van der Waals surface area contributed by atoms with Crippen LogP contribution in [-0.4, -0.2) is 0 Å². The Morgan fingerprint density at radius 3 is 2.21 bits per heavy atom. The third-order valence-corrected chi connectivity index (χ3v) is 2.86. The lowest BCUT2D eigenvalue weighted by atomic mass is 9.85. The van der Waals surface area contributed by atoms with Crippen molar-refractivity contribution in [3.63, 3.8) is 0 Å².